The van der Waals surface area contributed by atoms with Crippen LogP contribution in [-0.4, -0.2) is 42.5 Å². The highest BCUT2D eigenvalue weighted by Gasteiger charge is 2.37. The van der Waals surface area contributed by atoms with Crippen molar-refractivity contribution >= 4 is 11.7 Å². The van der Waals surface area contributed by atoms with Crippen molar-refractivity contribution in [2.75, 3.05) is 31.6 Å². The first-order chi connectivity index (χ1) is 14.3. The standard InChI is InChI=1S/C22H26F3N3O2/c1-3-30-19-11-5-4-8-16(19)14-27(2)21(29)17-9-7-13-28(15-17)20-18(22(23,24)25)10-6-12-26-20/h4-6,8,10-12,17H,3,7,9,13-15H2,1-2H3. The van der Waals surface area contributed by atoms with Gasteiger partial charge in [-0.2, -0.15) is 13.2 Å². The number of benzene rings is 1. The Morgan fingerprint density at radius 1 is 1.27 bits per heavy atom. The molecule has 1 aliphatic rings. The molecule has 162 valence electrons. The molecule has 1 aromatic carbocycles. The van der Waals surface area contributed by atoms with Gasteiger partial charge < -0.3 is 14.5 Å². The quantitative estimate of drug-likeness (QED) is 0.695. The highest BCUT2D eigenvalue weighted by atomic mass is 19.4. The van der Waals surface area contributed by atoms with Crippen molar-refractivity contribution < 1.29 is 22.7 Å². The zero-order chi connectivity index (χ0) is 21.7. The summed E-state index contributed by atoms with van der Waals surface area (Å²) in [7, 11) is 1.71. The largest absolute Gasteiger partial charge is 0.494 e. The zero-order valence-electron chi connectivity index (χ0n) is 17.2. The molecule has 2 aromatic rings. The lowest BCUT2D eigenvalue weighted by atomic mass is 9.96. The van der Waals surface area contributed by atoms with Gasteiger partial charge >= 0.3 is 6.18 Å². The van der Waals surface area contributed by atoms with E-state index in [0.717, 1.165) is 17.4 Å². The molecule has 1 saturated heterocycles. The van der Waals surface area contributed by atoms with E-state index in [-0.39, 0.29) is 24.2 Å². The van der Waals surface area contributed by atoms with E-state index in [2.05, 4.69) is 4.98 Å². The molecule has 0 spiro atoms. The summed E-state index contributed by atoms with van der Waals surface area (Å²) in [6.45, 7) is 3.47. The summed E-state index contributed by atoms with van der Waals surface area (Å²) >= 11 is 0. The minimum atomic E-state index is -4.49. The number of hydrogen-bond donors (Lipinski definition) is 0. The van der Waals surface area contributed by atoms with Crippen molar-refractivity contribution in [3.8, 4) is 5.75 Å². The van der Waals surface area contributed by atoms with Crippen molar-refractivity contribution in [1.29, 1.82) is 0 Å². The zero-order valence-corrected chi connectivity index (χ0v) is 17.2. The molecule has 0 saturated carbocycles. The van der Waals surface area contributed by atoms with Crippen molar-refractivity contribution in [1.82, 2.24) is 9.88 Å². The van der Waals surface area contributed by atoms with E-state index in [1.165, 1.54) is 12.3 Å². The second-order valence-electron chi connectivity index (χ2n) is 7.39. The average molecular weight is 421 g/mol. The lowest BCUT2D eigenvalue weighted by Gasteiger charge is -2.35. The summed E-state index contributed by atoms with van der Waals surface area (Å²) in [5.74, 6) is 0.154. The first kappa shape index (κ1) is 21.9. The minimum absolute atomic E-state index is 0.0875. The van der Waals surface area contributed by atoms with Crippen LogP contribution in [0.15, 0.2) is 42.6 Å². The topological polar surface area (TPSA) is 45.7 Å². The van der Waals surface area contributed by atoms with E-state index < -0.39 is 11.7 Å². The first-order valence-electron chi connectivity index (χ1n) is 10.0. The summed E-state index contributed by atoms with van der Waals surface area (Å²) < 4.78 is 45.8. The van der Waals surface area contributed by atoms with Crippen LogP contribution < -0.4 is 9.64 Å². The van der Waals surface area contributed by atoms with Crippen LogP contribution in [0.2, 0.25) is 0 Å². The molecule has 1 fully saturated rings. The molecule has 30 heavy (non-hydrogen) atoms. The van der Waals surface area contributed by atoms with Crippen LogP contribution in [0.1, 0.15) is 30.9 Å². The van der Waals surface area contributed by atoms with E-state index in [1.807, 2.05) is 31.2 Å². The van der Waals surface area contributed by atoms with Gasteiger partial charge in [0, 0.05) is 38.4 Å². The molecule has 1 atom stereocenters. The minimum Gasteiger partial charge on any atom is -0.494 e. The van der Waals surface area contributed by atoms with Crippen molar-refractivity contribution in [3.63, 3.8) is 0 Å². The van der Waals surface area contributed by atoms with Gasteiger partial charge in [0.05, 0.1) is 18.1 Å². The van der Waals surface area contributed by atoms with Gasteiger partial charge in [-0.05, 0) is 38.0 Å². The fourth-order valence-electron chi connectivity index (χ4n) is 3.82. The number of alkyl halides is 3. The lowest BCUT2D eigenvalue weighted by Crippen LogP contribution is -2.44. The summed E-state index contributed by atoms with van der Waals surface area (Å²) in [5.41, 5.74) is 0.129. The van der Waals surface area contributed by atoms with Crippen LogP contribution in [0.5, 0.6) is 5.75 Å². The smallest absolute Gasteiger partial charge is 0.419 e. The number of anilines is 1. The predicted molar refractivity (Wildman–Crippen MR) is 108 cm³/mol. The number of halogens is 3. The molecule has 8 heteroatoms. The van der Waals surface area contributed by atoms with Crippen molar-refractivity contribution in [2.45, 2.75) is 32.5 Å². The molecule has 2 heterocycles. The maximum absolute atomic E-state index is 13.4. The van der Waals surface area contributed by atoms with Crippen LogP contribution in [-0.2, 0) is 17.5 Å². The Labute approximate surface area is 174 Å². The van der Waals surface area contributed by atoms with E-state index in [4.69, 9.17) is 4.74 Å². The Morgan fingerprint density at radius 2 is 2.03 bits per heavy atom. The summed E-state index contributed by atoms with van der Waals surface area (Å²) in [6.07, 6.45) is -1.86. The van der Waals surface area contributed by atoms with Crippen molar-refractivity contribution in [3.05, 3.63) is 53.7 Å². The Hall–Kier alpha value is -2.77. The second-order valence-corrected chi connectivity index (χ2v) is 7.39. The van der Waals surface area contributed by atoms with Gasteiger partial charge in [0.1, 0.15) is 11.6 Å². The Kier molecular flexibility index (Phi) is 6.84. The van der Waals surface area contributed by atoms with Gasteiger partial charge in [0.25, 0.3) is 0 Å². The number of carbonyl (C=O) groups is 1. The number of ether oxygens (including phenoxy) is 1. The van der Waals surface area contributed by atoms with Gasteiger partial charge in [0.15, 0.2) is 0 Å². The van der Waals surface area contributed by atoms with Gasteiger partial charge in [-0.15, -0.1) is 0 Å². The molecule has 1 unspecified atom stereocenters. The summed E-state index contributed by atoms with van der Waals surface area (Å²) in [5, 5.41) is 0. The van der Waals surface area contributed by atoms with Crippen molar-refractivity contribution in [2.24, 2.45) is 5.92 Å². The monoisotopic (exact) mass is 421 g/mol. The van der Waals surface area contributed by atoms with Crippen LogP contribution in [0.4, 0.5) is 19.0 Å². The maximum Gasteiger partial charge on any atom is 0.419 e. The van der Waals surface area contributed by atoms with Gasteiger partial charge in [-0.25, -0.2) is 4.98 Å². The highest BCUT2D eigenvalue weighted by molar-refractivity contribution is 5.79. The average Bonchev–Trinajstić information content (AvgIpc) is 2.74. The molecular formula is C22H26F3N3O2. The SMILES string of the molecule is CCOc1ccccc1CN(C)C(=O)C1CCCN(c2ncccc2C(F)(F)F)C1. The number of hydrogen-bond acceptors (Lipinski definition) is 4. The van der Waals surface area contributed by atoms with Crippen LogP contribution in [0.3, 0.4) is 0 Å². The summed E-state index contributed by atoms with van der Waals surface area (Å²) in [6, 6.07) is 9.84. The van der Waals surface area contributed by atoms with Gasteiger partial charge in [-0.3, -0.25) is 4.79 Å². The van der Waals surface area contributed by atoms with E-state index in [9.17, 15) is 18.0 Å². The lowest BCUT2D eigenvalue weighted by molar-refractivity contribution is -0.137. The fourth-order valence-corrected chi connectivity index (χ4v) is 3.82. The Balaban J connectivity index is 1.72. The highest BCUT2D eigenvalue weighted by Crippen LogP contribution is 2.36. The van der Waals surface area contributed by atoms with Crippen LogP contribution >= 0.6 is 0 Å². The third kappa shape index (κ3) is 5.04. The molecule has 1 aromatic heterocycles. The fraction of sp³-hybridized carbons (Fsp3) is 0.455. The Bertz CT molecular complexity index is 873. The van der Waals surface area contributed by atoms with E-state index in [1.54, 1.807) is 16.8 Å². The molecule has 0 bridgehead atoms. The Morgan fingerprint density at radius 3 is 2.77 bits per heavy atom. The van der Waals surface area contributed by atoms with E-state index in [0.29, 0.717) is 32.5 Å². The number of pyridine rings is 1. The molecule has 3 rings (SSSR count). The van der Waals surface area contributed by atoms with Crippen LogP contribution in [0.25, 0.3) is 0 Å². The van der Waals surface area contributed by atoms with Crippen LogP contribution in [0, 0.1) is 5.92 Å². The predicted octanol–water partition coefficient (Wildman–Crippen LogP) is 4.37. The number of piperidine rings is 1. The number of aromatic nitrogens is 1. The maximum atomic E-state index is 13.4. The number of rotatable bonds is 6. The summed E-state index contributed by atoms with van der Waals surface area (Å²) in [4.78, 5) is 20.2. The second kappa shape index (κ2) is 9.36. The first-order valence-corrected chi connectivity index (χ1v) is 10.0. The molecule has 0 aliphatic carbocycles. The number of carbonyl (C=O) groups excluding carboxylic acids is 1. The normalized spacial score (nSPS) is 17.0. The van der Waals surface area contributed by atoms with Gasteiger partial charge in [0.2, 0.25) is 5.91 Å². The number of nitrogens with zero attached hydrogens (tertiary/aromatic N) is 3. The molecule has 1 aliphatic heterocycles. The van der Waals surface area contributed by atoms with E-state index >= 15 is 0 Å². The molecule has 0 radical (unpaired) electrons. The third-order valence-corrected chi connectivity index (χ3v) is 5.22. The molecule has 5 nitrogen and oxygen atoms in total. The number of amides is 1. The number of para-hydroxylation sites is 1. The molecule has 0 N–H and O–H groups in total. The van der Waals surface area contributed by atoms with Gasteiger partial charge in [-0.1, -0.05) is 18.2 Å². The molecule has 1 amide bonds. The third-order valence-electron chi connectivity index (χ3n) is 5.22. The molecular weight excluding hydrogens is 395 g/mol.